The number of anilines is 2. The Labute approximate surface area is 124 Å². The van der Waals surface area contributed by atoms with Crippen molar-refractivity contribution in [2.45, 2.75) is 20.4 Å². The van der Waals surface area contributed by atoms with Crippen molar-refractivity contribution < 1.29 is 9.21 Å². The van der Waals surface area contributed by atoms with E-state index in [9.17, 15) is 4.79 Å². The third-order valence-electron chi connectivity index (χ3n) is 3.25. The summed E-state index contributed by atoms with van der Waals surface area (Å²) < 4.78 is 5.39. The maximum absolute atomic E-state index is 12.2. The average Bonchev–Trinajstić information content (AvgIpc) is 2.97. The molecule has 0 radical (unpaired) electrons. The van der Waals surface area contributed by atoms with Gasteiger partial charge in [-0.3, -0.25) is 4.79 Å². The van der Waals surface area contributed by atoms with Crippen LogP contribution in [0.3, 0.4) is 0 Å². The zero-order valence-electron chi connectivity index (χ0n) is 12.4. The number of amides is 1. The Morgan fingerprint density at radius 3 is 2.76 bits per heavy atom. The molecule has 0 aliphatic heterocycles. The molecule has 0 spiro atoms. The van der Waals surface area contributed by atoms with Crippen LogP contribution in [0.1, 0.15) is 30.0 Å². The van der Waals surface area contributed by atoms with Crippen LogP contribution in [-0.4, -0.2) is 19.0 Å². The van der Waals surface area contributed by atoms with Gasteiger partial charge in [0.1, 0.15) is 5.76 Å². The van der Waals surface area contributed by atoms with Crippen LogP contribution in [0.4, 0.5) is 11.4 Å². The van der Waals surface area contributed by atoms with Crippen molar-refractivity contribution in [1.82, 2.24) is 5.32 Å². The van der Waals surface area contributed by atoms with Crippen LogP contribution in [0.25, 0.3) is 0 Å². The number of carbonyl (C=O) groups is 1. The van der Waals surface area contributed by atoms with Gasteiger partial charge in [0.2, 0.25) is 0 Å². The van der Waals surface area contributed by atoms with Gasteiger partial charge in [0.15, 0.2) is 0 Å². The van der Waals surface area contributed by atoms with Crippen molar-refractivity contribution in [3.8, 4) is 0 Å². The van der Waals surface area contributed by atoms with E-state index in [0.29, 0.717) is 24.3 Å². The Bertz CT molecular complexity index is 594. The Balaban J connectivity index is 2.34. The van der Waals surface area contributed by atoms with Gasteiger partial charge in [-0.05, 0) is 44.2 Å². The molecule has 1 aromatic heterocycles. The molecule has 2 rings (SSSR count). The van der Waals surface area contributed by atoms with Gasteiger partial charge in [0.05, 0.1) is 24.1 Å². The molecule has 0 bridgehead atoms. The lowest BCUT2D eigenvalue weighted by Crippen LogP contribution is -2.28. The highest BCUT2D eigenvalue weighted by Gasteiger charge is 2.16. The molecular weight excluding hydrogens is 266 g/mol. The van der Waals surface area contributed by atoms with Gasteiger partial charge >= 0.3 is 0 Å². The van der Waals surface area contributed by atoms with Crippen LogP contribution in [-0.2, 0) is 6.54 Å². The second kappa shape index (κ2) is 6.83. The lowest BCUT2D eigenvalue weighted by atomic mass is 10.1. The minimum absolute atomic E-state index is 0.0922. The van der Waals surface area contributed by atoms with Crippen LogP contribution in [0.15, 0.2) is 41.0 Å². The smallest absolute Gasteiger partial charge is 0.253 e. The molecule has 0 aliphatic rings. The molecule has 3 N–H and O–H groups in total. The number of furan rings is 1. The Hall–Kier alpha value is -2.43. The van der Waals surface area contributed by atoms with E-state index in [1.165, 1.54) is 0 Å². The predicted molar refractivity (Wildman–Crippen MR) is 84.3 cm³/mol. The summed E-state index contributed by atoms with van der Waals surface area (Å²) in [4.78, 5) is 14.3. The number of nitrogens with zero attached hydrogens (tertiary/aromatic N) is 1. The fourth-order valence-corrected chi connectivity index (χ4v) is 2.22. The van der Waals surface area contributed by atoms with Gasteiger partial charge in [0, 0.05) is 18.8 Å². The quantitative estimate of drug-likeness (QED) is 0.801. The van der Waals surface area contributed by atoms with Crippen LogP contribution in [0.2, 0.25) is 0 Å². The third-order valence-corrected chi connectivity index (χ3v) is 3.25. The first-order valence-corrected chi connectivity index (χ1v) is 7.10. The summed E-state index contributed by atoms with van der Waals surface area (Å²) in [5, 5.41) is 2.83. The minimum Gasteiger partial charge on any atom is -0.467 e. The molecule has 5 heteroatoms. The molecule has 1 amide bonds. The van der Waals surface area contributed by atoms with Crippen molar-refractivity contribution in [3.05, 3.63) is 47.9 Å². The van der Waals surface area contributed by atoms with E-state index in [1.54, 1.807) is 18.4 Å². The first-order valence-electron chi connectivity index (χ1n) is 7.10. The van der Waals surface area contributed by atoms with E-state index in [2.05, 4.69) is 10.2 Å². The second-order valence-corrected chi connectivity index (χ2v) is 4.73. The fourth-order valence-electron chi connectivity index (χ4n) is 2.22. The Kier molecular flexibility index (Phi) is 4.87. The number of nitrogen functional groups attached to an aromatic ring is 1. The highest BCUT2D eigenvalue weighted by molar-refractivity contribution is 6.00. The van der Waals surface area contributed by atoms with Gasteiger partial charge < -0.3 is 20.4 Å². The van der Waals surface area contributed by atoms with E-state index >= 15 is 0 Å². The molecule has 1 aromatic carbocycles. The SMILES string of the molecule is CCNC(=O)c1ccc(N)cc1N(CC)Cc1ccco1. The third kappa shape index (κ3) is 3.56. The number of benzene rings is 1. The molecular formula is C16H21N3O2. The average molecular weight is 287 g/mol. The summed E-state index contributed by atoms with van der Waals surface area (Å²) in [7, 11) is 0. The van der Waals surface area contributed by atoms with E-state index in [-0.39, 0.29) is 5.91 Å². The summed E-state index contributed by atoms with van der Waals surface area (Å²) in [6.07, 6.45) is 1.65. The molecule has 2 aromatic rings. The highest BCUT2D eigenvalue weighted by atomic mass is 16.3. The Morgan fingerprint density at radius 2 is 2.14 bits per heavy atom. The summed E-state index contributed by atoms with van der Waals surface area (Å²) in [6, 6.07) is 9.11. The van der Waals surface area contributed by atoms with Gasteiger partial charge in [0.25, 0.3) is 5.91 Å². The summed E-state index contributed by atoms with van der Waals surface area (Å²) in [6.45, 7) is 5.87. The number of hydrogen-bond acceptors (Lipinski definition) is 4. The standard InChI is InChI=1S/C16H21N3O2/c1-3-18-16(20)14-8-7-12(17)10-15(14)19(4-2)11-13-6-5-9-21-13/h5-10H,3-4,11,17H2,1-2H3,(H,18,20). The highest BCUT2D eigenvalue weighted by Crippen LogP contribution is 2.25. The monoisotopic (exact) mass is 287 g/mol. The summed E-state index contributed by atoms with van der Waals surface area (Å²) in [5.74, 6) is 0.756. The molecule has 1 heterocycles. The number of rotatable bonds is 6. The van der Waals surface area contributed by atoms with E-state index in [0.717, 1.165) is 18.0 Å². The van der Waals surface area contributed by atoms with Crippen molar-refractivity contribution in [2.75, 3.05) is 23.7 Å². The van der Waals surface area contributed by atoms with Crippen molar-refractivity contribution in [2.24, 2.45) is 0 Å². The molecule has 0 unspecified atom stereocenters. The molecule has 0 fully saturated rings. The lowest BCUT2D eigenvalue weighted by molar-refractivity contribution is 0.0956. The van der Waals surface area contributed by atoms with E-state index in [4.69, 9.17) is 10.2 Å². The van der Waals surface area contributed by atoms with Crippen LogP contribution in [0.5, 0.6) is 0 Å². The topological polar surface area (TPSA) is 71.5 Å². The Morgan fingerprint density at radius 1 is 1.33 bits per heavy atom. The van der Waals surface area contributed by atoms with Gasteiger partial charge in [-0.1, -0.05) is 0 Å². The first kappa shape index (κ1) is 15.0. The van der Waals surface area contributed by atoms with Crippen LogP contribution >= 0.6 is 0 Å². The first-order chi connectivity index (χ1) is 10.2. The number of nitrogens with one attached hydrogen (secondary N) is 1. The van der Waals surface area contributed by atoms with E-state index in [1.807, 2.05) is 32.0 Å². The summed E-state index contributed by atoms with van der Waals surface area (Å²) in [5.41, 5.74) is 7.96. The largest absolute Gasteiger partial charge is 0.467 e. The van der Waals surface area contributed by atoms with Crippen molar-refractivity contribution >= 4 is 17.3 Å². The molecule has 0 atom stereocenters. The van der Waals surface area contributed by atoms with E-state index < -0.39 is 0 Å². The zero-order valence-corrected chi connectivity index (χ0v) is 12.4. The number of hydrogen-bond donors (Lipinski definition) is 2. The maximum Gasteiger partial charge on any atom is 0.253 e. The molecule has 0 saturated carbocycles. The normalized spacial score (nSPS) is 10.4. The fraction of sp³-hybridized carbons (Fsp3) is 0.312. The number of carbonyl (C=O) groups excluding carboxylic acids is 1. The molecule has 0 saturated heterocycles. The lowest BCUT2D eigenvalue weighted by Gasteiger charge is -2.25. The zero-order chi connectivity index (χ0) is 15.2. The second-order valence-electron chi connectivity index (χ2n) is 4.73. The summed E-state index contributed by atoms with van der Waals surface area (Å²) >= 11 is 0. The van der Waals surface area contributed by atoms with Crippen LogP contribution in [0, 0.1) is 0 Å². The van der Waals surface area contributed by atoms with Crippen molar-refractivity contribution in [1.29, 1.82) is 0 Å². The maximum atomic E-state index is 12.2. The predicted octanol–water partition coefficient (Wildman–Crippen LogP) is 2.64. The molecule has 112 valence electrons. The van der Waals surface area contributed by atoms with Gasteiger partial charge in [-0.15, -0.1) is 0 Å². The molecule has 0 aliphatic carbocycles. The molecule has 21 heavy (non-hydrogen) atoms. The van der Waals surface area contributed by atoms with Crippen molar-refractivity contribution in [3.63, 3.8) is 0 Å². The van der Waals surface area contributed by atoms with Crippen LogP contribution < -0.4 is 16.0 Å². The minimum atomic E-state index is -0.0922. The molecule has 5 nitrogen and oxygen atoms in total. The number of nitrogens with two attached hydrogens (primary N) is 1. The van der Waals surface area contributed by atoms with Gasteiger partial charge in [-0.2, -0.15) is 0 Å². The van der Waals surface area contributed by atoms with Gasteiger partial charge in [-0.25, -0.2) is 0 Å².